The first-order valence-corrected chi connectivity index (χ1v) is 11.8. The lowest BCUT2D eigenvalue weighted by Gasteiger charge is -2.28. The maximum absolute atomic E-state index is 12.3. The molecule has 1 aromatic rings. The van der Waals surface area contributed by atoms with Gasteiger partial charge in [-0.15, -0.1) is 0 Å². The van der Waals surface area contributed by atoms with E-state index in [0.29, 0.717) is 18.4 Å². The zero-order chi connectivity index (χ0) is 25.7. The number of unbranched alkanes of at least 4 members (excludes halogenated alkanes) is 2. The third-order valence-electron chi connectivity index (χ3n) is 5.35. The van der Waals surface area contributed by atoms with Crippen molar-refractivity contribution < 1.29 is 38.5 Å². The van der Waals surface area contributed by atoms with E-state index in [2.05, 4.69) is 0 Å². The number of hydrogen-bond donors (Lipinski definition) is 2. The van der Waals surface area contributed by atoms with Crippen molar-refractivity contribution in [3.63, 3.8) is 0 Å². The van der Waals surface area contributed by atoms with E-state index in [0.717, 1.165) is 12.8 Å². The second kappa shape index (κ2) is 15.1. The number of aliphatic carboxylic acids is 1. The van der Waals surface area contributed by atoms with Gasteiger partial charge in [0.25, 0.3) is 0 Å². The molecule has 3 N–H and O–H groups in total. The number of esters is 3. The zero-order valence-corrected chi connectivity index (χ0v) is 20.5. The van der Waals surface area contributed by atoms with Crippen molar-refractivity contribution in [2.45, 2.75) is 84.6 Å². The van der Waals surface area contributed by atoms with Crippen LogP contribution in [0.3, 0.4) is 0 Å². The Morgan fingerprint density at radius 2 is 1.47 bits per heavy atom. The minimum absolute atomic E-state index is 0.0174. The van der Waals surface area contributed by atoms with Crippen molar-refractivity contribution in [2.24, 2.45) is 11.7 Å². The van der Waals surface area contributed by atoms with Crippen LogP contribution in [0.4, 0.5) is 0 Å². The van der Waals surface area contributed by atoms with Crippen molar-refractivity contribution in [3.05, 3.63) is 23.8 Å². The van der Waals surface area contributed by atoms with Gasteiger partial charge in [0.15, 0.2) is 11.5 Å². The Bertz CT molecular complexity index is 838. The third-order valence-corrected chi connectivity index (χ3v) is 5.35. The second-order valence-corrected chi connectivity index (χ2v) is 8.27. The first kappa shape index (κ1) is 29.1. The summed E-state index contributed by atoms with van der Waals surface area (Å²) >= 11 is 0. The molecule has 0 bridgehead atoms. The molecule has 0 saturated carbocycles. The summed E-state index contributed by atoms with van der Waals surface area (Å²) < 4.78 is 16.1. The number of nitrogens with two attached hydrogens (primary N) is 1. The molecule has 0 radical (unpaired) electrons. The van der Waals surface area contributed by atoms with Gasteiger partial charge in [-0.3, -0.25) is 19.2 Å². The molecule has 2 unspecified atom stereocenters. The molecule has 0 spiro atoms. The number of carbonyl (C=O) groups is 4. The van der Waals surface area contributed by atoms with Gasteiger partial charge in [-0.2, -0.15) is 0 Å². The summed E-state index contributed by atoms with van der Waals surface area (Å²) in [5.41, 5.74) is 6.45. The highest BCUT2D eigenvalue weighted by atomic mass is 16.6. The highest BCUT2D eigenvalue weighted by Gasteiger charge is 2.32. The molecule has 34 heavy (non-hydrogen) atoms. The minimum Gasteiger partial charge on any atom is -0.480 e. The normalized spacial score (nSPS) is 13.4. The first-order chi connectivity index (χ1) is 16.1. The quantitative estimate of drug-likeness (QED) is 0.282. The van der Waals surface area contributed by atoms with Gasteiger partial charge in [0.1, 0.15) is 6.04 Å². The van der Waals surface area contributed by atoms with Gasteiger partial charge in [-0.1, -0.05) is 46.6 Å². The van der Waals surface area contributed by atoms with E-state index < -0.39 is 41.8 Å². The molecule has 0 aliphatic carbocycles. The molecule has 0 heterocycles. The lowest BCUT2D eigenvalue weighted by atomic mass is 9.82. The van der Waals surface area contributed by atoms with Crippen LogP contribution in [-0.4, -0.2) is 41.6 Å². The number of ether oxygens (including phenoxy) is 3. The van der Waals surface area contributed by atoms with E-state index in [9.17, 15) is 24.3 Å². The molecule has 3 atom stereocenters. The largest absolute Gasteiger partial charge is 0.480 e. The zero-order valence-electron chi connectivity index (χ0n) is 20.5. The van der Waals surface area contributed by atoms with E-state index in [4.69, 9.17) is 19.9 Å². The Hall–Kier alpha value is -2.94. The standard InChI is InChI=1S/C25H37NO8/c1-5-8-10-21(28)33-18-13-12-17(14-19(18)34-22(29)11-9-6-2)23(24(26)25(30)31)16(4)15-32-20(27)7-3/h12-14,16,23-24H,5-11,15,26H2,1-4H3,(H,30,31)/t16?,23?,24-/m0/s1. The highest BCUT2D eigenvalue weighted by molar-refractivity contribution is 5.77. The van der Waals surface area contributed by atoms with Crippen LogP contribution in [0.1, 0.15) is 84.1 Å². The fourth-order valence-corrected chi connectivity index (χ4v) is 3.36. The van der Waals surface area contributed by atoms with Crippen LogP contribution in [0.5, 0.6) is 11.5 Å². The van der Waals surface area contributed by atoms with Crippen LogP contribution in [0.25, 0.3) is 0 Å². The van der Waals surface area contributed by atoms with Gasteiger partial charge in [-0.25, -0.2) is 0 Å². The smallest absolute Gasteiger partial charge is 0.321 e. The van der Waals surface area contributed by atoms with Crippen molar-refractivity contribution >= 4 is 23.9 Å². The molecule has 190 valence electrons. The average Bonchev–Trinajstić information content (AvgIpc) is 2.81. The van der Waals surface area contributed by atoms with Crippen molar-refractivity contribution in [1.82, 2.24) is 0 Å². The number of hydrogen-bond acceptors (Lipinski definition) is 8. The van der Waals surface area contributed by atoms with Gasteiger partial charge in [0.05, 0.1) is 6.61 Å². The summed E-state index contributed by atoms with van der Waals surface area (Å²) in [6.07, 6.45) is 3.51. The van der Waals surface area contributed by atoms with E-state index >= 15 is 0 Å². The predicted octanol–water partition coefficient (Wildman–Crippen LogP) is 3.96. The Kier molecular flexibility index (Phi) is 12.9. The Morgan fingerprint density at radius 3 is 1.97 bits per heavy atom. The summed E-state index contributed by atoms with van der Waals surface area (Å²) in [7, 11) is 0. The Labute approximate surface area is 200 Å². The summed E-state index contributed by atoms with van der Waals surface area (Å²) in [5, 5.41) is 9.57. The molecule has 0 aromatic heterocycles. The van der Waals surface area contributed by atoms with E-state index in [1.165, 1.54) is 12.1 Å². The van der Waals surface area contributed by atoms with Crippen molar-refractivity contribution in [1.29, 1.82) is 0 Å². The van der Waals surface area contributed by atoms with E-state index in [1.807, 2.05) is 13.8 Å². The molecule has 0 saturated heterocycles. The Balaban J connectivity index is 3.32. The van der Waals surface area contributed by atoms with Crippen molar-refractivity contribution in [2.75, 3.05) is 6.61 Å². The van der Waals surface area contributed by atoms with Crippen LogP contribution in [0.15, 0.2) is 18.2 Å². The maximum atomic E-state index is 12.3. The molecule has 0 aliphatic heterocycles. The lowest BCUT2D eigenvalue weighted by molar-refractivity contribution is -0.145. The number of carbonyl (C=O) groups excluding carboxylic acids is 3. The van der Waals surface area contributed by atoms with Crippen LogP contribution >= 0.6 is 0 Å². The summed E-state index contributed by atoms with van der Waals surface area (Å²) in [4.78, 5) is 47.8. The van der Waals surface area contributed by atoms with Gasteiger partial charge < -0.3 is 25.1 Å². The summed E-state index contributed by atoms with van der Waals surface area (Å²) in [5.74, 6) is -3.72. The van der Waals surface area contributed by atoms with E-state index in [-0.39, 0.29) is 37.4 Å². The number of carboxylic acids is 1. The molecule has 9 heteroatoms. The predicted molar refractivity (Wildman–Crippen MR) is 126 cm³/mol. The van der Waals surface area contributed by atoms with Gasteiger partial charge in [-0.05, 0) is 36.5 Å². The first-order valence-electron chi connectivity index (χ1n) is 11.8. The number of carboxylic acid groups (broad SMARTS) is 1. The fraction of sp³-hybridized carbons (Fsp3) is 0.600. The summed E-state index contributed by atoms with van der Waals surface area (Å²) in [6.45, 7) is 7.25. The third kappa shape index (κ3) is 9.51. The highest BCUT2D eigenvalue weighted by Crippen LogP contribution is 2.36. The molecular formula is C25H37NO8. The van der Waals surface area contributed by atoms with Gasteiger partial charge >= 0.3 is 23.9 Å². The average molecular weight is 480 g/mol. The molecule has 1 aromatic carbocycles. The molecule has 1 rings (SSSR count). The van der Waals surface area contributed by atoms with Crippen LogP contribution in [-0.2, 0) is 23.9 Å². The lowest BCUT2D eigenvalue weighted by Crippen LogP contribution is -2.40. The van der Waals surface area contributed by atoms with Crippen LogP contribution < -0.4 is 15.2 Å². The van der Waals surface area contributed by atoms with Crippen molar-refractivity contribution in [3.8, 4) is 11.5 Å². The minimum atomic E-state index is -1.31. The van der Waals surface area contributed by atoms with Crippen LogP contribution in [0, 0.1) is 5.92 Å². The second-order valence-electron chi connectivity index (χ2n) is 8.27. The molecule has 9 nitrogen and oxygen atoms in total. The fourth-order valence-electron chi connectivity index (χ4n) is 3.36. The monoisotopic (exact) mass is 479 g/mol. The molecule has 0 fully saturated rings. The van der Waals surface area contributed by atoms with Gasteiger partial charge in [0, 0.05) is 25.2 Å². The Morgan fingerprint density at radius 1 is 0.912 bits per heavy atom. The summed E-state index contributed by atoms with van der Waals surface area (Å²) in [6, 6.07) is 3.21. The maximum Gasteiger partial charge on any atom is 0.321 e. The van der Waals surface area contributed by atoms with Crippen LogP contribution in [0.2, 0.25) is 0 Å². The molecule has 0 aliphatic rings. The topological polar surface area (TPSA) is 142 Å². The molecular weight excluding hydrogens is 442 g/mol. The molecule has 0 amide bonds. The van der Waals surface area contributed by atoms with E-state index in [1.54, 1.807) is 19.9 Å². The van der Waals surface area contributed by atoms with Gasteiger partial charge in [0.2, 0.25) is 0 Å². The number of rotatable bonds is 15. The number of benzene rings is 1. The SMILES string of the molecule is CCCCC(=O)Oc1ccc(C(C(C)COC(=O)CC)[C@H](N)C(=O)O)cc1OC(=O)CCCC.